The molecule has 8 heteroatoms. The number of hydrogen-bond donors (Lipinski definition) is 2. The van der Waals surface area contributed by atoms with E-state index in [9.17, 15) is 14.7 Å². The molecule has 2 N–H and O–H groups in total. The Bertz CT molecular complexity index is 689. The van der Waals surface area contributed by atoms with Crippen LogP contribution in [-0.2, 0) is 16.1 Å². The van der Waals surface area contributed by atoms with Crippen molar-refractivity contribution >= 4 is 12.1 Å². The number of hydrogen-bond acceptors (Lipinski definition) is 5. The summed E-state index contributed by atoms with van der Waals surface area (Å²) in [6.07, 6.45) is 3.35. The van der Waals surface area contributed by atoms with Gasteiger partial charge in [0.1, 0.15) is 6.61 Å². The summed E-state index contributed by atoms with van der Waals surface area (Å²) >= 11 is 0. The van der Waals surface area contributed by atoms with E-state index in [2.05, 4.69) is 15.6 Å². The van der Waals surface area contributed by atoms with Crippen molar-refractivity contribution in [3.05, 3.63) is 48.3 Å². The van der Waals surface area contributed by atoms with Gasteiger partial charge in [-0.1, -0.05) is 35.5 Å². The monoisotopic (exact) mass is 330 g/mol. The zero-order valence-corrected chi connectivity index (χ0v) is 12.9. The molecule has 126 valence electrons. The molecular formula is C16H18N4O4. The Hall–Kier alpha value is -2.90. The maximum absolute atomic E-state index is 12.0. The summed E-state index contributed by atoms with van der Waals surface area (Å²) in [6.45, 7) is 0.162. The number of nitrogens with zero attached hydrogens (tertiary/aromatic N) is 3. The standard InChI is InChI=1S/C16H18N4O4/c21-15(22)12-8-13(14(9-12)20-7-6-17-19-20)18-16(23)24-10-11-4-2-1-3-5-11/h1-7,12-14H,8-10H2,(H,18,23)(H,21,22)/t12?,13-,14+/m1/s1. The van der Waals surface area contributed by atoms with E-state index in [-0.39, 0.29) is 18.7 Å². The van der Waals surface area contributed by atoms with Crippen LogP contribution >= 0.6 is 0 Å². The number of nitrogens with one attached hydrogen (secondary N) is 1. The summed E-state index contributed by atoms with van der Waals surface area (Å²) in [4.78, 5) is 23.3. The van der Waals surface area contributed by atoms with E-state index >= 15 is 0 Å². The van der Waals surface area contributed by atoms with E-state index in [0.29, 0.717) is 12.8 Å². The van der Waals surface area contributed by atoms with Crippen molar-refractivity contribution < 1.29 is 19.4 Å². The highest BCUT2D eigenvalue weighted by atomic mass is 16.5. The van der Waals surface area contributed by atoms with E-state index in [1.807, 2.05) is 30.3 Å². The number of carboxylic acids is 1. The van der Waals surface area contributed by atoms with Gasteiger partial charge in [-0.15, -0.1) is 5.10 Å². The van der Waals surface area contributed by atoms with Gasteiger partial charge in [0.2, 0.25) is 0 Å². The van der Waals surface area contributed by atoms with E-state index in [1.165, 1.54) is 6.20 Å². The molecule has 3 atom stereocenters. The maximum atomic E-state index is 12.0. The molecule has 1 fully saturated rings. The first-order chi connectivity index (χ1) is 11.6. The topological polar surface area (TPSA) is 106 Å². The lowest BCUT2D eigenvalue weighted by Crippen LogP contribution is -2.39. The van der Waals surface area contributed by atoms with Crippen molar-refractivity contribution in [3.8, 4) is 0 Å². The number of ether oxygens (including phenoxy) is 1. The van der Waals surface area contributed by atoms with Gasteiger partial charge in [0, 0.05) is 6.20 Å². The number of carbonyl (C=O) groups is 2. The van der Waals surface area contributed by atoms with E-state index < -0.39 is 18.0 Å². The van der Waals surface area contributed by atoms with E-state index in [4.69, 9.17) is 4.74 Å². The lowest BCUT2D eigenvalue weighted by molar-refractivity contribution is -0.141. The second-order valence-electron chi connectivity index (χ2n) is 5.77. The average molecular weight is 330 g/mol. The summed E-state index contributed by atoms with van der Waals surface area (Å²) in [5, 5.41) is 19.7. The maximum Gasteiger partial charge on any atom is 0.407 e. The van der Waals surface area contributed by atoms with Crippen LogP contribution in [0.3, 0.4) is 0 Å². The van der Waals surface area contributed by atoms with Crippen LogP contribution in [0.2, 0.25) is 0 Å². The van der Waals surface area contributed by atoms with Crippen molar-refractivity contribution in [3.63, 3.8) is 0 Å². The first-order valence-corrected chi connectivity index (χ1v) is 7.69. The molecule has 0 radical (unpaired) electrons. The third-order valence-corrected chi connectivity index (χ3v) is 4.17. The van der Waals surface area contributed by atoms with Gasteiger partial charge in [-0.2, -0.15) is 0 Å². The number of amides is 1. The van der Waals surface area contributed by atoms with Crippen molar-refractivity contribution in [2.45, 2.75) is 31.5 Å². The van der Waals surface area contributed by atoms with Crippen LogP contribution in [0, 0.1) is 5.92 Å². The fourth-order valence-corrected chi connectivity index (χ4v) is 2.98. The highest BCUT2D eigenvalue weighted by Crippen LogP contribution is 2.34. The molecule has 3 rings (SSSR count). The second kappa shape index (κ2) is 7.12. The molecule has 1 aliphatic rings. The third-order valence-electron chi connectivity index (χ3n) is 4.17. The summed E-state index contributed by atoms with van der Waals surface area (Å²) in [5.41, 5.74) is 0.885. The fraction of sp³-hybridized carbons (Fsp3) is 0.375. The number of aromatic nitrogens is 3. The highest BCUT2D eigenvalue weighted by Gasteiger charge is 2.40. The van der Waals surface area contributed by atoms with Gasteiger partial charge < -0.3 is 15.2 Å². The molecule has 1 saturated carbocycles. The molecule has 1 heterocycles. The summed E-state index contributed by atoms with van der Waals surface area (Å²) < 4.78 is 6.80. The molecule has 0 aliphatic heterocycles. The Morgan fingerprint density at radius 1 is 1.29 bits per heavy atom. The van der Waals surface area contributed by atoms with Crippen LogP contribution in [0.4, 0.5) is 4.79 Å². The smallest absolute Gasteiger partial charge is 0.407 e. The number of rotatable bonds is 5. The van der Waals surface area contributed by atoms with Gasteiger partial charge in [-0.25, -0.2) is 9.48 Å². The summed E-state index contributed by atoms with van der Waals surface area (Å²) in [6, 6.07) is 8.73. The molecule has 1 aromatic heterocycles. The molecule has 0 bridgehead atoms. The Balaban J connectivity index is 1.61. The molecule has 1 amide bonds. The molecule has 1 aromatic carbocycles. The number of aliphatic carboxylic acids is 1. The first-order valence-electron chi connectivity index (χ1n) is 7.69. The van der Waals surface area contributed by atoms with Gasteiger partial charge in [-0.05, 0) is 18.4 Å². The van der Waals surface area contributed by atoms with Crippen LogP contribution in [0.25, 0.3) is 0 Å². The Morgan fingerprint density at radius 3 is 2.75 bits per heavy atom. The van der Waals surface area contributed by atoms with Gasteiger partial charge in [0.05, 0.1) is 24.2 Å². The second-order valence-corrected chi connectivity index (χ2v) is 5.77. The first kappa shape index (κ1) is 16.0. The number of benzene rings is 1. The molecule has 2 aromatic rings. The number of carboxylic acid groups (broad SMARTS) is 1. The minimum atomic E-state index is -0.873. The number of carbonyl (C=O) groups excluding carboxylic acids is 1. The lowest BCUT2D eigenvalue weighted by Gasteiger charge is -2.20. The van der Waals surface area contributed by atoms with Crippen molar-refractivity contribution in [2.24, 2.45) is 5.92 Å². The van der Waals surface area contributed by atoms with Crippen LogP contribution in [-0.4, -0.2) is 38.2 Å². The fourth-order valence-electron chi connectivity index (χ4n) is 2.98. The molecule has 0 saturated heterocycles. The SMILES string of the molecule is O=C(N[C@@H]1CC(C(=O)O)C[C@@H]1n1ccnn1)OCc1ccccc1. The minimum Gasteiger partial charge on any atom is -0.481 e. The van der Waals surface area contributed by atoms with Gasteiger partial charge >= 0.3 is 12.1 Å². The Kier molecular flexibility index (Phi) is 4.74. The quantitative estimate of drug-likeness (QED) is 0.862. The van der Waals surface area contributed by atoms with Gasteiger partial charge in [0.25, 0.3) is 0 Å². The highest BCUT2D eigenvalue weighted by molar-refractivity contribution is 5.71. The van der Waals surface area contributed by atoms with Crippen LogP contribution in [0.15, 0.2) is 42.7 Å². The predicted molar refractivity (Wildman–Crippen MR) is 83.0 cm³/mol. The van der Waals surface area contributed by atoms with Crippen LogP contribution in [0.1, 0.15) is 24.4 Å². The molecule has 1 unspecified atom stereocenters. The predicted octanol–water partition coefficient (Wildman–Crippen LogP) is 1.61. The van der Waals surface area contributed by atoms with Gasteiger partial charge in [-0.3, -0.25) is 4.79 Å². The molecule has 1 aliphatic carbocycles. The zero-order chi connectivity index (χ0) is 16.9. The largest absolute Gasteiger partial charge is 0.481 e. The lowest BCUT2D eigenvalue weighted by atomic mass is 10.1. The van der Waals surface area contributed by atoms with E-state index in [1.54, 1.807) is 10.9 Å². The molecule has 24 heavy (non-hydrogen) atoms. The van der Waals surface area contributed by atoms with E-state index in [0.717, 1.165) is 5.56 Å². The Morgan fingerprint density at radius 2 is 2.08 bits per heavy atom. The third kappa shape index (κ3) is 3.70. The Labute approximate surface area is 138 Å². The molecular weight excluding hydrogens is 312 g/mol. The summed E-state index contributed by atoms with van der Waals surface area (Å²) in [5.74, 6) is -1.40. The zero-order valence-electron chi connectivity index (χ0n) is 12.9. The molecule has 0 spiro atoms. The van der Waals surface area contributed by atoms with Crippen LogP contribution < -0.4 is 5.32 Å². The van der Waals surface area contributed by atoms with Crippen molar-refractivity contribution in [1.82, 2.24) is 20.3 Å². The van der Waals surface area contributed by atoms with Crippen molar-refractivity contribution in [1.29, 1.82) is 0 Å². The van der Waals surface area contributed by atoms with Crippen molar-refractivity contribution in [2.75, 3.05) is 0 Å². The summed E-state index contributed by atoms with van der Waals surface area (Å²) in [7, 11) is 0. The van der Waals surface area contributed by atoms with Gasteiger partial charge in [0.15, 0.2) is 0 Å². The average Bonchev–Trinajstić information content (AvgIpc) is 3.23. The minimum absolute atomic E-state index is 0.162. The van der Waals surface area contributed by atoms with Crippen LogP contribution in [0.5, 0.6) is 0 Å². The molecule has 8 nitrogen and oxygen atoms in total. The normalized spacial score (nSPS) is 22.9. The number of alkyl carbamates (subject to hydrolysis) is 1.